The third-order valence-electron chi connectivity index (χ3n) is 6.11. The lowest BCUT2D eigenvalue weighted by atomic mass is 9.87. The van der Waals surface area contributed by atoms with Crippen LogP contribution in [0.5, 0.6) is 0 Å². The Morgan fingerprint density at radius 3 is 2.42 bits per heavy atom. The third-order valence-corrected chi connectivity index (χ3v) is 6.72. The number of nitrogens with one attached hydrogen (secondary N) is 1. The summed E-state index contributed by atoms with van der Waals surface area (Å²) in [6, 6.07) is 11.2. The highest BCUT2D eigenvalue weighted by Crippen LogP contribution is 2.41. The van der Waals surface area contributed by atoms with Crippen LogP contribution in [-0.2, 0) is 9.59 Å². The van der Waals surface area contributed by atoms with Gasteiger partial charge in [0.25, 0.3) is 11.8 Å². The van der Waals surface area contributed by atoms with Gasteiger partial charge in [-0.25, -0.2) is 0 Å². The average Bonchev–Trinajstić information content (AvgIpc) is 2.72. The number of carbonyl (C=O) groups is 2. The number of nitrogens with zero attached hydrogens (tertiary/aromatic N) is 2. The Morgan fingerprint density at radius 1 is 1.12 bits per heavy atom. The van der Waals surface area contributed by atoms with E-state index in [1.165, 1.54) is 4.90 Å². The van der Waals surface area contributed by atoms with Gasteiger partial charge in [-0.05, 0) is 88.3 Å². The summed E-state index contributed by atoms with van der Waals surface area (Å²) in [5.41, 5.74) is 5.29. The summed E-state index contributed by atoms with van der Waals surface area (Å²) in [4.78, 5) is 29.7. The first-order valence-corrected chi connectivity index (χ1v) is 11.6. The Hall–Kier alpha value is -2.96. The van der Waals surface area contributed by atoms with Crippen LogP contribution in [0, 0.1) is 6.92 Å². The lowest BCUT2D eigenvalue weighted by Crippen LogP contribution is -2.54. The molecule has 7 heteroatoms. The highest BCUT2D eigenvalue weighted by Gasteiger charge is 2.35. The van der Waals surface area contributed by atoms with E-state index in [-0.39, 0.29) is 16.2 Å². The van der Waals surface area contributed by atoms with E-state index in [4.69, 9.17) is 23.8 Å². The summed E-state index contributed by atoms with van der Waals surface area (Å²) in [6.45, 7) is 11.3. The molecule has 1 saturated heterocycles. The lowest BCUT2D eigenvalue weighted by Gasteiger charge is -2.43. The molecule has 0 aliphatic carbocycles. The number of rotatable bonds is 3. The Morgan fingerprint density at radius 2 is 1.79 bits per heavy atom. The van der Waals surface area contributed by atoms with Gasteiger partial charge in [0.1, 0.15) is 5.57 Å². The number of allylic oxidation sites excluding steroid dienone is 1. The normalized spacial score (nSPS) is 18.9. The van der Waals surface area contributed by atoms with Gasteiger partial charge in [0, 0.05) is 22.8 Å². The van der Waals surface area contributed by atoms with Gasteiger partial charge in [-0.1, -0.05) is 35.4 Å². The molecule has 170 valence electrons. The number of fused-ring (bicyclic) bond motifs is 1. The first-order valence-electron chi connectivity index (χ1n) is 10.8. The number of carbonyl (C=O) groups excluding carboxylic acids is 2. The fourth-order valence-electron chi connectivity index (χ4n) is 4.54. The monoisotopic (exact) mass is 479 g/mol. The van der Waals surface area contributed by atoms with Crippen LogP contribution in [-0.4, -0.2) is 29.0 Å². The van der Waals surface area contributed by atoms with Crippen molar-refractivity contribution in [1.82, 2.24) is 5.32 Å². The molecule has 5 nitrogen and oxygen atoms in total. The molecule has 0 atom stereocenters. The van der Waals surface area contributed by atoms with Crippen molar-refractivity contribution in [2.75, 3.05) is 16.3 Å². The first-order chi connectivity index (χ1) is 15.5. The van der Waals surface area contributed by atoms with Gasteiger partial charge in [0.2, 0.25) is 0 Å². The maximum absolute atomic E-state index is 13.3. The molecule has 0 unspecified atom stereocenters. The standard InChI is InChI=1S/C26H26ClN3O2S/c1-6-29-22-13-21(27)17(11-19(22)16(3)14-26(29,4)5)12-20-23(31)28-25(33)30(24(20)32)18-9-7-15(2)8-10-18/h7-14H,6H2,1-5H3,(H,28,31,33)/b20-12-. The van der Waals surface area contributed by atoms with Crippen molar-refractivity contribution in [2.24, 2.45) is 0 Å². The minimum atomic E-state index is -0.536. The summed E-state index contributed by atoms with van der Waals surface area (Å²) in [6.07, 6.45) is 3.77. The van der Waals surface area contributed by atoms with E-state index in [1.54, 1.807) is 18.2 Å². The number of likely N-dealkylation sites (N-methyl/N-ethyl adjacent to an activating group) is 1. The molecule has 2 aromatic carbocycles. The second-order valence-electron chi connectivity index (χ2n) is 8.91. The first kappa shape index (κ1) is 23.2. The molecule has 0 saturated carbocycles. The predicted octanol–water partition coefficient (Wildman–Crippen LogP) is 5.50. The van der Waals surface area contributed by atoms with Gasteiger partial charge in [0.05, 0.1) is 11.2 Å². The molecule has 33 heavy (non-hydrogen) atoms. The van der Waals surface area contributed by atoms with E-state index >= 15 is 0 Å². The second-order valence-corrected chi connectivity index (χ2v) is 9.70. The molecule has 0 bridgehead atoms. The van der Waals surface area contributed by atoms with E-state index < -0.39 is 11.8 Å². The summed E-state index contributed by atoms with van der Waals surface area (Å²) in [7, 11) is 0. The molecule has 0 spiro atoms. The summed E-state index contributed by atoms with van der Waals surface area (Å²) < 4.78 is 0. The maximum atomic E-state index is 13.3. The summed E-state index contributed by atoms with van der Waals surface area (Å²) >= 11 is 12.0. The van der Waals surface area contributed by atoms with Crippen molar-refractivity contribution in [3.8, 4) is 0 Å². The zero-order chi connectivity index (χ0) is 24.1. The molecule has 2 heterocycles. The second kappa shape index (κ2) is 8.43. The number of hydrogen-bond donors (Lipinski definition) is 1. The van der Waals surface area contributed by atoms with Crippen LogP contribution in [0.25, 0.3) is 11.6 Å². The SMILES string of the molecule is CCN1c2cc(Cl)c(/C=C3/C(=O)NC(=S)N(c4ccc(C)cc4)C3=O)cc2C(C)=CC1(C)C. The van der Waals surface area contributed by atoms with E-state index in [2.05, 4.69) is 44.0 Å². The number of halogens is 1. The number of benzene rings is 2. The number of hydrogen-bond acceptors (Lipinski definition) is 4. The predicted molar refractivity (Wildman–Crippen MR) is 140 cm³/mol. The molecule has 2 aliphatic rings. The van der Waals surface area contributed by atoms with Crippen LogP contribution in [0.15, 0.2) is 48.0 Å². The van der Waals surface area contributed by atoms with Crippen LogP contribution in [0.4, 0.5) is 11.4 Å². The smallest absolute Gasteiger partial charge is 0.270 e. The largest absolute Gasteiger partial charge is 0.363 e. The zero-order valence-electron chi connectivity index (χ0n) is 19.3. The third kappa shape index (κ3) is 4.09. The molecule has 2 aliphatic heterocycles. The highest BCUT2D eigenvalue weighted by atomic mass is 35.5. The van der Waals surface area contributed by atoms with E-state index in [9.17, 15) is 9.59 Å². The number of aryl methyl sites for hydroxylation is 1. The molecular formula is C26H26ClN3O2S. The van der Waals surface area contributed by atoms with Crippen LogP contribution < -0.4 is 15.1 Å². The molecule has 0 aromatic heterocycles. The lowest BCUT2D eigenvalue weighted by molar-refractivity contribution is -0.122. The van der Waals surface area contributed by atoms with Crippen molar-refractivity contribution in [3.63, 3.8) is 0 Å². The van der Waals surface area contributed by atoms with Gasteiger partial charge in [-0.2, -0.15) is 0 Å². The van der Waals surface area contributed by atoms with E-state index in [0.29, 0.717) is 16.3 Å². The molecule has 1 fully saturated rings. The molecule has 4 rings (SSSR count). The number of thiocarbonyl (C=S) groups is 1. The van der Waals surface area contributed by atoms with Crippen molar-refractivity contribution in [3.05, 3.63) is 69.8 Å². The minimum absolute atomic E-state index is 0.0175. The van der Waals surface area contributed by atoms with Crippen LogP contribution in [0.3, 0.4) is 0 Å². The van der Waals surface area contributed by atoms with Gasteiger partial charge in [-0.3, -0.25) is 19.8 Å². The van der Waals surface area contributed by atoms with Gasteiger partial charge < -0.3 is 4.90 Å². The number of anilines is 2. The quantitative estimate of drug-likeness (QED) is 0.358. The Kier molecular flexibility index (Phi) is 5.93. The Labute approximate surface area is 204 Å². The molecular weight excluding hydrogens is 454 g/mol. The maximum Gasteiger partial charge on any atom is 0.270 e. The van der Waals surface area contributed by atoms with E-state index in [0.717, 1.165) is 28.9 Å². The van der Waals surface area contributed by atoms with Crippen molar-refractivity contribution >= 4 is 63.8 Å². The molecule has 2 aromatic rings. The van der Waals surface area contributed by atoms with Crippen molar-refractivity contribution < 1.29 is 9.59 Å². The van der Waals surface area contributed by atoms with Crippen LogP contribution in [0.1, 0.15) is 44.4 Å². The van der Waals surface area contributed by atoms with Crippen LogP contribution >= 0.6 is 23.8 Å². The molecule has 2 amide bonds. The van der Waals surface area contributed by atoms with Gasteiger partial charge in [0.15, 0.2) is 5.11 Å². The molecule has 1 N–H and O–H groups in total. The van der Waals surface area contributed by atoms with Crippen LogP contribution in [0.2, 0.25) is 5.02 Å². The average molecular weight is 480 g/mol. The number of amides is 2. The topological polar surface area (TPSA) is 52.7 Å². The zero-order valence-corrected chi connectivity index (χ0v) is 20.9. The minimum Gasteiger partial charge on any atom is -0.363 e. The Balaban J connectivity index is 1.79. The fourth-order valence-corrected chi connectivity index (χ4v) is 5.04. The summed E-state index contributed by atoms with van der Waals surface area (Å²) in [5, 5.41) is 3.16. The van der Waals surface area contributed by atoms with Gasteiger partial charge >= 0.3 is 0 Å². The fraction of sp³-hybridized carbons (Fsp3) is 0.269. The van der Waals surface area contributed by atoms with Crippen molar-refractivity contribution in [2.45, 2.75) is 40.2 Å². The summed E-state index contributed by atoms with van der Waals surface area (Å²) in [5.74, 6) is -1.02. The van der Waals surface area contributed by atoms with Crippen molar-refractivity contribution in [1.29, 1.82) is 0 Å². The Bertz CT molecular complexity index is 1240. The highest BCUT2D eigenvalue weighted by molar-refractivity contribution is 7.80. The van der Waals surface area contributed by atoms with E-state index in [1.807, 2.05) is 31.2 Å². The molecule has 0 radical (unpaired) electrons. The van der Waals surface area contributed by atoms with Gasteiger partial charge in [-0.15, -0.1) is 0 Å².